The molecule has 0 atom stereocenters. The van der Waals surface area contributed by atoms with Crippen molar-refractivity contribution in [3.05, 3.63) is 18.0 Å². The largest absolute Gasteiger partial charge is 0.311 e. The lowest BCUT2D eigenvalue weighted by Gasteiger charge is -2.21. The number of nitrogens with one attached hydrogen (secondary N) is 1. The fourth-order valence-corrected chi connectivity index (χ4v) is 3.64. The lowest BCUT2D eigenvalue weighted by molar-refractivity contribution is 0.327. The van der Waals surface area contributed by atoms with Crippen LogP contribution in [0.1, 0.15) is 69.5 Å². The van der Waals surface area contributed by atoms with Crippen LogP contribution in [-0.2, 0) is 6.54 Å². The smallest absolute Gasteiger partial charge is 0.0762 e. The molecule has 0 saturated heterocycles. The van der Waals surface area contributed by atoms with E-state index in [1.807, 2.05) is 0 Å². The predicted octanol–water partition coefficient (Wildman–Crippen LogP) is 3.67. The Bertz CT molecular complexity index is 373. The van der Waals surface area contributed by atoms with Crippen LogP contribution in [0.2, 0.25) is 0 Å². The normalized spacial score (nSPS) is 22.1. The average Bonchev–Trinajstić information content (AvgIpc) is 3.11. The molecule has 1 aromatic heterocycles. The third-order valence-electron chi connectivity index (χ3n) is 4.83. The first-order chi connectivity index (χ1) is 9.42. The van der Waals surface area contributed by atoms with Crippen LogP contribution in [-0.4, -0.2) is 16.3 Å². The van der Waals surface area contributed by atoms with Gasteiger partial charge < -0.3 is 5.32 Å². The Labute approximate surface area is 116 Å². The minimum atomic E-state index is 0.664. The molecule has 0 bridgehead atoms. The second kappa shape index (κ2) is 6.56. The highest BCUT2D eigenvalue weighted by molar-refractivity contribution is 4.99. The molecule has 3 heteroatoms. The molecule has 2 saturated carbocycles. The molecule has 0 spiro atoms. The van der Waals surface area contributed by atoms with Crippen LogP contribution in [0.3, 0.4) is 0 Å². The maximum Gasteiger partial charge on any atom is 0.0762 e. The van der Waals surface area contributed by atoms with Crippen molar-refractivity contribution in [2.45, 2.75) is 70.4 Å². The minimum Gasteiger partial charge on any atom is -0.311 e. The molecule has 0 aromatic carbocycles. The molecule has 3 nitrogen and oxygen atoms in total. The summed E-state index contributed by atoms with van der Waals surface area (Å²) in [4.78, 5) is 0. The molecule has 2 aliphatic rings. The van der Waals surface area contributed by atoms with E-state index in [2.05, 4.69) is 22.3 Å². The van der Waals surface area contributed by atoms with Gasteiger partial charge in [-0.15, -0.1) is 0 Å². The van der Waals surface area contributed by atoms with E-state index >= 15 is 0 Å². The standard InChI is InChI=1S/C16H27N3/c1-2-8-16(9-3-1)19-11-10-15(18-19)13-17-12-14-6-4-5-7-14/h10-11,14,16-17H,1-9,12-13H2. The van der Waals surface area contributed by atoms with Crippen LogP contribution in [0.15, 0.2) is 12.3 Å². The molecule has 1 N–H and O–H groups in total. The first-order valence-corrected chi connectivity index (χ1v) is 8.16. The second-order valence-corrected chi connectivity index (χ2v) is 6.36. The van der Waals surface area contributed by atoms with Crippen LogP contribution in [0.5, 0.6) is 0 Å². The Morgan fingerprint density at radius 1 is 1.05 bits per heavy atom. The topological polar surface area (TPSA) is 29.9 Å². The Balaban J connectivity index is 1.44. The Morgan fingerprint density at radius 3 is 2.58 bits per heavy atom. The van der Waals surface area contributed by atoms with E-state index in [1.54, 1.807) is 0 Å². The first kappa shape index (κ1) is 13.2. The van der Waals surface area contributed by atoms with Crippen molar-refractivity contribution >= 4 is 0 Å². The zero-order chi connectivity index (χ0) is 12.9. The zero-order valence-electron chi connectivity index (χ0n) is 12.0. The molecule has 1 aromatic rings. The van der Waals surface area contributed by atoms with Crippen molar-refractivity contribution in [1.82, 2.24) is 15.1 Å². The predicted molar refractivity (Wildman–Crippen MR) is 78.0 cm³/mol. The molecule has 2 fully saturated rings. The molecular formula is C16H27N3. The van der Waals surface area contributed by atoms with Gasteiger partial charge in [0.15, 0.2) is 0 Å². The molecule has 19 heavy (non-hydrogen) atoms. The molecule has 3 rings (SSSR count). The van der Waals surface area contributed by atoms with Crippen molar-refractivity contribution in [2.24, 2.45) is 5.92 Å². The maximum absolute atomic E-state index is 4.75. The number of aromatic nitrogens is 2. The van der Waals surface area contributed by atoms with E-state index in [1.165, 1.54) is 70.0 Å². The van der Waals surface area contributed by atoms with Crippen LogP contribution in [0.25, 0.3) is 0 Å². The summed E-state index contributed by atoms with van der Waals surface area (Å²) in [5.41, 5.74) is 1.21. The molecule has 0 amide bonds. The lowest BCUT2D eigenvalue weighted by atomic mass is 9.96. The van der Waals surface area contributed by atoms with Crippen molar-refractivity contribution < 1.29 is 0 Å². The summed E-state index contributed by atoms with van der Waals surface area (Å²) in [6.07, 6.45) is 14.7. The summed E-state index contributed by atoms with van der Waals surface area (Å²) >= 11 is 0. The number of hydrogen-bond acceptors (Lipinski definition) is 2. The van der Waals surface area contributed by atoms with Crippen LogP contribution in [0, 0.1) is 5.92 Å². The van der Waals surface area contributed by atoms with Gasteiger partial charge in [-0.3, -0.25) is 4.68 Å². The van der Waals surface area contributed by atoms with Crippen molar-refractivity contribution in [3.8, 4) is 0 Å². The fraction of sp³-hybridized carbons (Fsp3) is 0.812. The van der Waals surface area contributed by atoms with Gasteiger partial charge in [-0.2, -0.15) is 5.10 Å². The highest BCUT2D eigenvalue weighted by Gasteiger charge is 2.16. The minimum absolute atomic E-state index is 0.664. The summed E-state index contributed by atoms with van der Waals surface area (Å²) < 4.78 is 2.21. The zero-order valence-corrected chi connectivity index (χ0v) is 12.0. The van der Waals surface area contributed by atoms with Gasteiger partial charge in [0.05, 0.1) is 11.7 Å². The number of hydrogen-bond donors (Lipinski definition) is 1. The van der Waals surface area contributed by atoms with Gasteiger partial charge in [-0.1, -0.05) is 32.1 Å². The Kier molecular flexibility index (Phi) is 4.54. The molecule has 0 aliphatic heterocycles. The first-order valence-electron chi connectivity index (χ1n) is 8.16. The summed E-state index contributed by atoms with van der Waals surface area (Å²) in [6.45, 7) is 2.12. The van der Waals surface area contributed by atoms with Gasteiger partial charge in [-0.25, -0.2) is 0 Å². The quantitative estimate of drug-likeness (QED) is 0.876. The van der Waals surface area contributed by atoms with E-state index < -0.39 is 0 Å². The lowest BCUT2D eigenvalue weighted by Crippen LogP contribution is -2.21. The maximum atomic E-state index is 4.75. The van der Waals surface area contributed by atoms with Gasteiger partial charge in [0.25, 0.3) is 0 Å². The van der Waals surface area contributed by atoms with E-state index in [4.69, 9.17) is 5.10 Å². The van der Waals surface area contributed by atoms with E-state index in [9.17, 15) is 0 Å². The number of nitrogens with zero attached hydrogens (tertiary/aromatic N) is 2. The molecule has 1 heterocycles. The third-order valence-corrected chi connectivity index (χ3v) is 4.83. The van der Waals surface area contributed by atoms with Crippen molar-refractivity contribution in [3.63, 3.8) is 0 Å². The SMILES string of the molecule is c1cn(C2CCCCC2)nc1CNCC1CCCC1. The monoisotopic (exact) mass is 261 g/mol. The summed E-state index contributed by atoms with van der Waals surface area (Å²) in [5.74, 6) is 0.917. The van der Waals surface area contributed by atoms with E-state index in [0.29, 0.717) is 6.04 Å². The summed E-state index contributed by atoms with van der Waals surface area (Å²) in [7, 11) is 0. The summed E-state index contributed by atoms with van der Waals surface area (Å²) in [6, 6.07) is 2.85. The number of rotatable bonds is 5. The molecule has 0 radical (unpaired) electrons. The van der Waals surface area contributed by atoms with E-state index in [0.717, 1.165) is 12.5 Å². The van der Waals surface area contributed by atoms with Gasteiger partial charge in [-0.05, 0) is 44.2 Å². The molecule has 0 unspecified atom stereocenters. The highest BCUT2D eigenvalue weighted by atomic mass is 15.3. The molecule has 2 aliphatic carbocycles. The molecule has 106 valence electrons. The molecular weight excluding hydrogens is 234 g/mol. The van der Waals surface area contributed by atoms with Crippen molar-refractivity contribution in [2.75, 3.05) is 6.54 Å². The Hall–Kier alpha value is -0.830. The summed E-state index contributed by atoms with van der Waals surface area (Å²) in [5, 5.41) is 8.34. The van der Waals surface area contributed by atoms with Crippen molar-refractivity contribution in [1.29, 1.82) is 0 Å². The Morgan fingerprint density at radius 2 is 1.79 bits per heavy atom. The van der Waals surface area contributed by atoms with Gasteiger partial charge >= 0.3 is 0 Å². The average molecular weight is 261 g/mol. The van der Waals surface area contributed by atoms with Crippen LogP contribution in [0.4, 0.5) is 0 Å². The highest BCUT2D eigenvalue weighted by Crippen LogP contribution is 2.27. The van der Waals surface area contributed by atoms with Gasteiger partial charge in [0, 0.05) is 12.7 Å². The third kappa shape index (κ3) is 3.59. The second-order valence-electron chi connectivity index (χ2n) is 6.36. The van der Waals surface area contributed by atoms with Gasteiger partial charge in [0.2, 0.25) is 0 Å². The van der Waals surface area contributed by atoms with E-state index in [-0.39, 0.29) is 0 Å². The van der Waals surface area contributed by atoms with Crippen LogP contribution < -0.4 is 5.32 Å². The van der Waals surface area contributed by atoms with Gasteiger partial charge in [0.1, 0.15) is 0 Å². The van der Waals surface area contributed by atoms with Crippen LogP contribution >= 0.6 is 0 Å². The fourth-order valence-electron chi connectivity index (χ4n) is 3.64.